The van der Waals surface area contributed by atoms with Crippen LogP contribution in [0.25, 0.3) is 0 Å². The van der Waals surface area contributed by atoms with Crippen LogP contribution in [0.15, 0.2) is 30.5 Å². The van der Waals surface area contributed by atoms with Gasteiger partial charge in [-0.25, -0.2) is 4.98 Å². The zero-order valence-electron chi connectivity index (χ0n) is 11.5. The number of nitrogens with zero attached hydrogens (tertiary/aromatic N) is 1. The maximum absolute atomic E-state index is 10.2. The minimum atomic E-state index is 0.0709. The maximum atomic E-state index is 10.2. The number of hydrogen-bond donors (Lipinski definition) is 2. The molecular formula is C16H17ClN2O. The number of aromatic nitrogens is 1. The van der Waals surface area contributed by atoms with E-state index in [1.807, 2.05) is 18.2 Å². The Labute approximate surface area is 123 Å². The lowest BCUT2D eigenvalue weighted by molar-refractivity contribution is 0.465. The highest BCUT2D eigenvalue weighted by molar-refractivity contribution is 6.31. The van der Waals surface area contributed by atoms with Crippen molar-refractivity contribution in [3.63, 3.8) is 0 Å². The Kier molecular flexibility index (Phi) is 3.30. The Hall–Kier alpha value is -1.74. The number of fused-ring (bicyclic) bond motifs is 1. The molecule has 0 fully saturated rings. The first kappa shape index (κ1) is 13.3. The van der Waals surface area contributed by atoms with Gasteiger partial charge in [-0.3, -0.25) is 0 Å². The molecule has 1 heterocycles. The van der Waals surface area contributed by atoms with Crippen LogP contribution in [0.5, 0.6) is 5.75 Å². The lowest BCUT2D eigenvalue weighted by Crippen LogP contribution is -2.08. The average molecular weight is 289 g/mol. The fourth-order valence-corrected chi connectivity index (χ4v) is 3.33. The molecule has 2 aromatic rings. The molecular weight excluding hydrogens is 272 g/mol. The summed E-state index contributed by atoms with van der Waals surface area (Å²) >= 11 is 6.10. The van der Waals surface area contributed by atoms with Crippen LogP contribution < -0.4 is 5.32 Å². The van der Waals surface area contributed by atoms with Crippen molar-refractivity contribution in [2.45, 2.75) is 32.2 Å². The molecule has 0 bridgehead atoms. The van der Waals surface area contributed by atoms with Gasteiger partial charge in [-0.15, -0.1) is 0 Å². The van der Waals surface area contributed by atoms with Crippen LogP contribution in [0.2, 0.25) is 5.15 Å². The van der Waals surface area contributed by atoms with E-state index in [2.05, 4.69) is 24.1 Å². The summed E-state index contributed by atoms with van der Waals surface area (Å²) < 4.78 is 0. The molecule has 0 amide bonds. The molecule has 2 N–H and O–H groups in total. The lowest BCUT2D eigenvalue weighted by Gasteiger charge is -2.17. The Morgan fingerprint density at radius 3 is 2.85 bits per heavy atom. The van der Waals surface area contributed by atoms with Gasteiger partial charge in [-0.1, -0.05) is 24.6 Å². The number of anilines is 1. The van der Waals surface area contributed by atoms with Crippen LogP contribution in [0.3, 0.4) is 0 Å². The number of halogens is 1. The van der Waals surface area contributed by atoms with Crippen LogP contribution in [-0.2, 0) is 0 Å². The summed E-state index contributed by atoms with van der Waals surface area (Å²) in [5, 5.41) is 14.1. The Morgan fingerprint density at radius 2 is 2.10 bits per heavy atom. The predicted octanol–water partition coefficient (Wildman–Crippen LogP) is 4.41. The fourth-order valence-electron chi connectivity index (χ4n) is 3.16. The number of rotatable bonds is 2. The van der Waals surface area contributed by atoms with Crippen molar-refractivity contribution in [2.24, 2.45) is 0 Å². The zero-order valence-corrected chi connectivity index (χ0v) is 12.3. The van der Waals surface area contributed by atoms with E-state index in [9.17, 15) is 5.11 Å². The van der Waals surface area contributed by atoms with Crippen molar-refractivity contribution >= 4 is 17.3 Å². The topological polar surface area (TPSA) is 45.1 Å². The highest BCUT2D eigenvalue weighted by Gasteiger charge is 2.32. The summed E-state index contributed by atoms with van der Waals surface area (Å²) in [4.78, 5) is 4.08. The number of phenols is 1. The molecule has 2 unspecified atom stereocenters. The second-order valence-electron chi connectivity index (χ2n) is 5.40. The molecule has 20 heavy (non-hydrogen) atoms. The van der Waals surface area contributed by atoms with Gasteiger partial charge in [0.05, 0.1) is 11.7 Å². The largest absolute Gasteiger partial charge is 0.508 e. The molecule has 1 aromatic heterocycles. The molecule has 3 rings (SSSR count). The summed E-state index contributed by atoms with van der Waals surface area (Å²) in [7, 11) is 0. The van der Waals surface area contributed by atoms with Crippen molar-refractivity contribution in [1.29, 1.82) is 0 Å². The van der Waals surface area contributed by atoms with Crippen LogP contribution in [0, 0.1) is 6.92 Å². The SMILES string of the molecule is Cc1ccc(O)c2c1C(C)CC2Nc1cccnc1Cl. The van der Waals surface area contributed by atoms with Crippen molar-refractivity contribution in [1.82, 2.24) is 4.98 Å². The summed E-state index contributed by atoms with van der Waals surface area (Å²) in [6.07, 6.45) is 2.61. The van der Waals surface area contributed by atoms with Gasteiger partial charge in [0.25, 0.3) is 0 Å². The number of hydrogen-bond acceptors (Lipinski definition) is 3. The Balaban J connectivity index is 2.00. The van der Waals surface area contributed by atoms with E-state index < -0.39 is 0 Å². The number of phenolic OH excluding ortho intramolecular Hbond substituents is 1. The molecule has 3 nitrogen and oxygen atoms in total. The number of pyridine rings is 1. The number of aryl methyl sites for hydroxylation is 1. The monoisotopic (exact) mass is 288 g/mol. The smallest absolute Gasteiger partial charge is 0.152 e. The van der Waals surface area contributed by atoms with Crippen molar-refractivity contribution in [2.75, 3.05) is 5.32 Å². The molecule has 0 saturated heterocycles. The fraction of sp³-hybridized carbons (Fsp3) is 0.312. The van der Waals surface area contributed by atoms with Gasteiger partial charge >= 0.3 is 0 Å². The number of benzene rings is 1. The summed E-state index contributed by atoms with van der Waals surface area (Å²) in [6.45, 7) is 4.28. The van der Waals surface area contributed by atoms with E-state index in [1.165, 1.54) is 11.1 Å². The van der Waals surface area contributed by atoms with Crippen molar-refractivity contribution in [3.8, 4) is 5.75 Å². The zero-order chi connectivity index (χ0) is 14.3. The summed E-state index contributed by atoms with van der Waals surface area (Å²) in [5.74, 6) is 0.775. The third kappa shape index (κ3) is 2.12. The molecule has 4 heteroatoms. The minimum Gasteiger partial charge on any atom is -0.508 e. The number of aromatic hydroxyl groups is 1. The molecule has 1 aliphatic rings. The molecule has 0 spiro atoms. The first-order valence-corrected chi connectivity index (χ1v) is 7.15. The van der Waals surface area contributed by atoms with Crippen molar-refractivity contribution in [3.05, 3.63) is 52.3 Å². The van der Waals surface area contributed by atoms with Gasteiger partial charge in [0, 0.05) is 11.8 Å². The van der Waals surface area contributed by atoms with E-state index in [0.29, 0.717) is 16.8 Å². The first-order chi connectivity index (χ1) is 9.58. The summed E-state index contributed by atoms with van der Waals surface area (Å²) in [6, 6.07) is 7.58. The van der Waals surface area contributed by atoms with Gasteiger partial charge in [0.15, 0.2) is 5.15 Å². The van der Waals surface area contributed by atoms with Gasteiger partial charge in [-0.05, 0) is 48.6 Å². The third-order valence-corrected chi connectivity index (χ3v) is 4.30. The third-order valence-electron chi connectivity index (χ3n) is 4.00. The highest BCUT2D eigenvalue weighted by Crippen LogP contribution is 2.47. The standard InChI is InChI=1S/C16H17ClN2O/c1-9-5-6-13(20)15-12(8-10(2)14(9)15)19-11-4-3-7-18-16(11)17/h3-7,10,12,19-20H,8H2,1-2H3. The van der Waals surface area contributed by atoms with E-state index in [4.69, 9.17) is 11.6 Å². The second kappa shape index (κ2) is 4.98. The maximum Gasteiger partial charge on any atom is 0.152 e. The van der Waals surface area contributed by atoms with E-state index in [1.54, 1.807) is 12.3 Å². The predicted molar refractivity (Wildman–Crippen MR) is 81.5 cm³/mol. The Morgan fingerprint density at radius 1 is 1.30 bits per heavy atom. The normalized spacial score (nSPS) is 20.8. The molecule has 1 aliphatic carbocycles. The minimum absolute atomic E-state index is 0.0709. The van der Waals surface area contributed by atoms with Gasteiger partial charge in [-0.2, -0.15) is 0 Å². The Bertz CT molecular complexity index is 657. The van der Waals surface area contributed by atoms with E-state index in [0.717, 1.165) is 17.7 Å². The molecule has 0 radical (unpaired) electrons. The molecule has 1 aromatic carbocycles. The molecule has 2 atom stereocenters. The van der Waals surface area contributed by atoms with Crippen LogP contribution >= 0.6 is 11.6 Å². The highest BCUT2D eigenvalue weighted by atomic mass is 35.5. The first-order valence-electron chi connectivity index (χ1n) is 6.77. The van der Waals surface area contributed by atoms with E-state index in [-0.39, 0.29) is 6.04 Å². The van der Waals surface area contributed by atoms with Gasteiger partial charge < -0.3 is 10.4 Å². The van der Waals surface area contributed by atoms with Crippen LogP contribution in [0.4, 0.5) is 5.69 Å². The van der Waals surface area contributed by atoms with Crippen LogP contribution in [0.1, 0.15) is 42.0 Å². The van der Waals surface area contributed by atoms with Crippen molar-refractivity contribution < 1.29 is 5.11 Å². The van der Waals surface area contributed by atoms with Gasteiger partial charge in [0.1, 0.15) is 5.75 Å². The molecule has 0 saturated carbocycles. The van der Waals surface area contributed by atoms with Gasteiger partial charge in [0.2, 0.25) is 0 Å². The lowest BCUT2D eigenvalue weighted by atomic mass is 9.97. The second-order valence-corrected chi connectivity index (χ2v) is 5.76. The number of nitrogens with one attached hydrogen (secondary N) is 1. The molecule has 0 aliphatic heterocycles. The molecule has 104 valence electrons. The summed E-state index contributed by atoms with van der Waals surface area (Å²) in [5.41, 5.74) is 4.28. The quantitative estimate of drug-likeness (QED) is 0.805. The van der Waals surface area contributed by atoms with Crippen LogP contribution in [-0.4, -0.2) is 10.1 Å². The van der Waals surface area contributed by atoms with E-state index >= 15 is 0 Å². The average Bonchev–Trinajstić information content (AvgIpc) is 2.75.